The summed E-state index contributed by atoms with van der Waals surface area (Å²) in [6.45, 7) is 7.43. The number of nitrogens with one attached hydrogen (secondary N) is 1. The van der Waals surface area contributed by atoms with Gasteiger partial charge in [-0.2, -0.15) is 0 Å². The van der Waals surface area contributed by atoms with Crippen LogP contribution in [0.2, 0.25) is 0 Å². The van der Waals surface area contributed by atoms with Crippen molar-refractivity contribution in [3.63, 3.8) is 0 Å². The van der Waals surface area contributed by atoms with E-state index < -0.39 is 5.60 Å². The number of hydrogen-bond donors (Lipinski definition) is 3. The van der Waals surface area contributed by atoms with Gasteiger partial charge in [0.05, 0.1) is 12.8 Å². The molecule has 1 fully saturated rings. The number of ether oxygens (including phenoxy) is 1. The van der Waals surface area contributed by atoms with Gasteiger partial charge in [0.1, 0.15) is 22.3 Å². The number of nitrogens with zero attached hydrogens (tertiary/aromatic N) is 5. The molecule has 4 N–H and O–H groups in total. The predicted molar refractivity (Wildman–Crippen MR) is 134 cm³/mol. The average Bonchev–Trinajstić information content (AvgIpc) is 3.36. The first-order valence-electron chi connectivity index (χ1n) is 11.0. The first-order valence-corrected chi connectivity index (χ1v) is 11.0. The fraction of sp³-hybridized carbons (Fsp3) is 0.545. The molecule has 4 heterocycles. The van der Waals surface area contributed by atoms with E-state index in [2.05, 4.69) is 32.5 Å². The summed E-state index contributed by atoms with van der Waals surface area (Å²) >= 11 is 0. The van der Waals surface area contributed by atoms with Crippen molar-refractivity contribution in [3.8, 4) is 29.1 Å². The van der Waals surface area contributed by atoms with Gasteiger partial charge in [-0.15, -0.1) is 24.8 Å². The van der Waals surface area contributed by atoms with Gasteiger partial charge in [0.15, 0.2) is 23.1 Å². The summed E-state index contributed by atoms with van der Waals surface area (Å²) < 4.78 is 12.9. The summed E-state index contributed by atoms with van der Waals surface area (Å²) in [7, 11) is 0. The van der Waals surface area contributed by atoms with Gasteiger partial charge in [-0.3, -0.25) is 0 Å². The van der Waals surface area contributed by atoms with Crippen molar-refractivity contribution in [2.45, 2.75) is 64.6 Å². The van der Waals surface area contributed by atoms with E-state index in [4.69, 9.17) is 20.1 Å². The number of hydrogen-bond acceptors (Lipinski definition) is 9. The molecule has 12 heteroatoms. The van der Waals surface area contributed by atoms with Crippen LogP contribution in [0.4, 0.5) is 5.82 Å². The molecule has 0 spiro atoms. The molecule has 0 radical (unpaired) electrons. The summed E-state index contributed by atoms with van der Waals surface area (Å²) in [5, 5.41) is 21.2. The number of imidazole rings is 1. The maximum atomic E-state index is 10.0. The Labute approximate surface area is 210 Å². The molecular formula is C22H31Cl2N7O3. The third-order valence-electron chi connectivity index (χ3n) is 5.40. The number of nitrogens with two attached hydrogens (primary N) is 1. The number of piperidine rings is 1. The lowest BCUT2D eigenvalue weighted by Crippen LogP contribution is -2.35. The van der Waals surface area contributed by atoms with Crippen LogP contribution in [0.15, 0.2) is 10.8 Å². The number of aliphatic hydroxyl groups is 1. The molecule has 0 amide bonds. The topological polar surface area (TPSA) is 137 Å². The number of nitrogen functional groups attached to an aromatic ring is 1. The second-order valence-electron chi connectivity index (χ2n) is 8.44. The quantitative estimate of drug-likeness (QED) is 0.426. The second-order valence-corrected chi connectivity index (χ2v) is 8.44. The molecule has 10 nitrogen and oxygen atoms in total. The lowest BCUT2D eigenvalue weighted by atomic mass is 10.0. The number of fused-ring (bicyclic) bond motifs is 1. The molecule has 186 valence electrons. The van der Waals surface area contributed by atoms with Crippen LogP contribution in [0, 0.1) is 11.8 Å². The fourth-order valence-electron chi connectivity index (χ4n) is 3.84. The second kappa shape index (κ2) is 11.7. The van der Waals surface area contributed by atoms with Crippen molar-refractivity contribution < 1.29 is 14.5 Å². The highest BCUT2D eigenvalue weighted by atomic mass is 35.5. The van der Waals surface area contributed by atoms with Crippen LogP contribution in [0.1, 0.15) is 52.1 Å². The van der Waals surface area contributed by atoms with E-state index in [1.807, 2.05) is 11.5 Å². The van der Waals surface area contributed by atoms with E-state index in [1.165, 1.54) is 12.8 Å². The average molecular weight is 512 g/mol. The minimum Gasteiger partial charge on any atom is -0.490 e. The summed E-state index contributed by atoms with van der Waals surface area (Å²) in [6, 6.07) is 0.469. The number of pyridine rings is 1. The van der Waals surface area contributed by atoms with Gasteiger partial charge in [0.25, 0.3) is 0 Å². The molecule has 3 aromatic heterocycles. The Hall–Kier alpha value is -2.58. The normalized spacial score (nSPS) is 15.7. The molecule has 1 aliphatic rings. The van der Waals surface area contributed by atoms with Gasteiger partial charge in [-0.25, -0.2) is 14.6 Å². The highest BCUT2D eigenvalue weighted by Crippen LogP contribution is 2.33. The van der Waals surface area contributed by atoms with Crippen LogP contribution < -0.4 is 15.8 Å². The zero-order chi connectivity index (χ0) is 22.7. The maximum Gasteiger partial charge on any atom is 0.199 e. The lowest BCUT2D eigenvalue weighted by Gasteiger charge is -2.23. The van der Waals surface area contributed by atoms with Crippen LogP contribution in [0.25, 0.3) is 22.6 Å². The predicted octanol–water partition coefficient (Wildman–Crippen LogP) is 2.96. The maximum absolute atomic E-state index is 10.0. The largest absolute Gasteiger partial charge is 0.490 e. The zero-order valence-corrected chi connectivity index (χ0v) is 21.1. The Morgan fingerprint density at radius 2 is 2.12 bits per heavy atom. The molecule has 0 aliphatic carbocycles. The first-order chi connectivity index (χ1) is 15.4. The van der Waals surface area contributed by atoms with Crippen LogP contribution in [-0.2, 0) is 6.54 Å². The number of aryl methyl sites for hydroxylation is 1. The number of halogens is 2. The summed E-state index contributed by atoms with van der Waals surface area (Å²) in [5.74, 6) is 7.01. The van der Waals surface area contributed by atoms with Gasteiger partial charge in [-0.1, -0.05) is 12.3 Å². The minimum atomic E-state index is -1.16. The third kappa shape index (κ3) is 6.10. The van der Waals surface area contributed by atoms with Crippen molar-refractivity contribution in [2.75, 3.05) is 18.9 Å². The number of rotatable bonds is 6. The van der Waals surface area contributed by atoms with Crippen molar-refractivity contribution in [2.24, 2.45) is 0 Å². The van der Waals surface area contributed by atoms with Gasteiger partial charge in [0, 0.05) is 12.6 Å². The molecule has 34 heavy (non-hydrogen) atoms. The summed E-state index contributed by atoms with van der Waals surface area (Å²) in [4.78, 5) is 9.20. The van der Waals surface area contributed by atoms with Crippen molar-refractivity contribution in [3.05, 3.63) is 11.9 Å². The van der Waals surface area contributed by atoms with E-state index in [0.717, 1.165) is 24.9 Å². The molecule has 1 atom stereocenters. The van der Waals surface area contributed by atoms with E-state index in [0.29, 0.717) is 47.7 Å². The Balaban J connectivity index is 0.00000204. The van der Waals surface area contributed by atoms with Crippen molar-refractivity contribution >= 4 is 41.7 Å². The van der Waals surface area contributed by atoms with E-state index in [1.54, 1.807) is 20.0 Å². The van der Waals surface area contributed by atoms with Gasteiger partial charge in [0.2, 0.25) is 0 Å². The third-order valence-corrected chi connectivity index (χ3v) is 5.40. The van der Waals surface area contributed by atoms with Crippen molar-refractivity contribution in [1.82, 2.24) is 30.2 Å². The standard InChI is InChI=1S/C22H29N7O3.2ClH/c1-4-29-19-16(31-12-9-14-7-5-6-11-24-14)13-25-15(8-10-22(2,3)30)17(19)26-21(29)18-20(23)28-32-27-18;;/h13-14,24,30H,4-7,9,11-12H2,1-3H3,(H2,23,28);2*1H/t14-;;/m0../s1. The van der Waals surface area contributed by atoms with Gasteiger partial charge < -0.3 is 25.5 Å². The lowest BCUT2D eigenvalue weighted by molar-refractivity contribution is 0.143. The molecule has 0 saturated carbocycles. The Kier molecular flexibility index (Phi) is 9.53. The first kappa shape index (κ1) is 27.7. The molecule has 0 aromatic carbocycles. The van der Waals surface area contributed by atoms with Gasteiger partial charge >= 0.3 is 0 Å². The Morgan fingerprint density at radius 1 is 1.32 bits per heavy atom. The van der Waals surface area contributed by atoms with Gasteiger partial charge in [-0.05, 0) is 62.8 Å². The highest BCUT2D eigenvalue weighted by molar-refractivity contribution is 5.89. The monoisotopic (exact) mass is 511 g/mol. The summed E-state index contributed by atoms with van der Waals surface area (Å²) in [6.07, 6.45) is 6.21. The van der Waals surface area contributed by atoms with Crippen LogP contribution in [-0.4, -0.2) is 54.7 Å². The zero-order valence-electron chi connectivity index (χ0n) is 19.5. The fourth-order valence-corrected chi connectivity index (χ4v) is 3.84. The molecule has 1 aliphatic heterocycles. The van der Waals surface area contributed by atoms with E-state index in [9.17, 15) is 5.11 Å². The van der Waals surface area contributed by atoms with E-state index in [-0.39, 0.29) is 30.6 Å². The minimum absolute atomic E-state index is 0. The van der Waals surface area contributed by atoms with Crippen molar-refractivity contribution in [1.29, 1.82) is 0 Å². The van der Waals surface area contributed by atoms with E-state index >= 15 is 0 Å². The highest BCUT2D eigenvalue weighted by Gasteiger charge is 2.23. The van der Waals surface area contributed by atoms with Crippen LogP contribution >= 0.6 is 24.8 Å². The Bertz CT molecular complexity index is 1160. The SMILES string of the molecule is CCn1c(-c2nonc2N)nc2c(C#CC(C)(C)O)ncc(OCC[C@@H]3CCCCN3)c21.Cl.Cl. The van der Waals surface area contributed by atoms with Crippen LogP contribution in [0.5, 0.6) is 5.75 Å². The Morgan fingerprint density at radius 3 is 2.74 bits per heavy atom. The smallest absolute Gasteiger partial charge is 0.199 e. The molecule has 3 aromatic rings. The number of aromatic nitrogens is 5. The summed E-state index contributed by atoms with van der Waals surface area (Å²) in [5.41, 5.74) is 6.86. The molecule has 1 saturated heterocycles. The molecule has 4 rings (SSSR count). The molecule has 0 unspecified atom stereocenters. The molecule has 0 bridgehead atoms. The number of anilines is 1. The molecular weight excluding hydrogens is 481 g/mol. The van der Waals surface area contributed by atoms with Crippen LogP contribution in [0.3, 0.4) is 0 Å².